The highest BCUT2D eigenvalue weighted by Gasteiger charge is 2.21. The van der Waals surface area contributed by atoms with Crippen molar-refractivity contribution in [1.82, 2.24) is 0 Å². The Morgan fingerprint density at radius 1 is 0.923 bits per heavy atom. The Bertz CT molecular complexity index is 935. The molecule has 5 heteroatoms. The number of ketones is 2. The van der Waals surface area contributed by atoms with Crippen LogP contribution in [0.5, 0.6) is 0 Å². The van der Waals surface area contributed by atoms with Crippen molar-refractivity contribution in [3.05, 3.63) is 77.4 Å². The third kappa shape index (κ3) is 4.55. The molecule has 0 saturated heterocycles. The highest BCUT2D eigenvalue weighted by molar-refractivity contribution is 7.91. The van der Waals surface area contributed by atoms with Crippen molar-refractivity contribution in [2.24, 2.45) is 5.92 Å². The van der Waals surface area contributed by atoms with Crippen LogP contribution in [0.4, 0.5) is 0 Å². The molecule has 26 heavy (non-hydrogen) atoms. The Morgan fingerprint density at radius 2 is 1.42 bits per heavy atom. The molecule has 136 valence electrons. The van der Waals surface area contributed by atoms with Gasteiger partial charge in [-0.25, -0.2) is 8.42 Å². The number of hydrogen-bond donors (Lipinski definition) is 0. The summed E-state index contributed by atoms with van der Waals surface area (Å²) in [5.41, 5.74) is 1.78. The van der Waals surface area contributed by atoms with Gasteiger partial charge in [0.05, 0.1) is 10.6 Å². The van der Waals surface area contributed by atoms with E-state index in [-0.39, 0.29) is 22.2 Å². The van der Waals surface area contributed by atoms with Gasteiger partial charge in [-0.3, -0.25) is 9.59 Å². The maximum Gasteiger partial charge on any atom is 0.189 e. The van der Waals surface area contributed by atoms with E-state index in [2.05, 4.69) is 6.58 Å². The normalized spacial score (nSPS) is 11.4. The summed E-state index contributed by atoms with van der Waals surface area (Å²) in [6.07, 6.45) is 0. The molecule has 0 atom stereocenters. The van der Waals surface area contributed by atoms with Gasteiger partial charge in [0.2, 0.25) is 0 Å². The highest BCUT2D eigenvalue weighted by Crippen LogP contribution is 2.18. The molecule has 2 aromatic carbocycles. The van der Waals surface area contributed by atoms with Crippen molar-refractivity contribution >= 4 is 21.4 Å². The molecular weight excluding hydrogens is 348 g/mol. The summed E-state index contributed by atoms with van der Waals surface area (Å²) in [6, 6.07) is 12.7. The summed E-state index contributed by atoms with van der Waals surface area (Å²) >= 11 is 0. The van der Waals surface area contributed by atoms with Gasteiger partial charge >= 0.3 is 0 Å². The SMILES string of the molecule is C=C(CS(=O)(=O)c1ccc(C)cc1)C(=O)c1ccc(C(=O)C(C)C)cc1. The molecule has 0 aromatic heterocycles. The molecule has 0 bridgehead atoms. The maximum absolute atomic E-state index is 12.5. The molecule has 0 spiro atoms. The molecular formula is C21H22O4S. The van der Waals surface area contributed by atoms with Crippen LogP contribution in [0.25, 0.3) is 0 Å². The lowest BCUT2D eigenvalue weighted by atomic mass is 9.98. The monoisotopic (exact) mass is 370 g/mol. The first kappa shape index (κ1) is 19.8. The van der Waals surface area contributed by atoms with Gasteiger partial charge in [0, 0.05) is 22.6 Å². The van der Waals surface area contributed by atoms with E-state index in [9.17, 15) is 18.0 Å². The minimum atomic E-state index is -3.64. The van der Waals surface area contributed by atoms with Gasteiger partial charge in [0.1, 0.15) is 0 Å². The fraction of sp³-hybridized carbons (Fsp3) is 0.238. The molecule has 0 unspecified atom stereocenters. The van der Waals surface area contributed by atoms with E-state index in [1.54, 1.807) is 38.1 Å². The molecule has 0 radical (unpaired) electrons. The second-order valence-corrected chi connectivity index (χ2v) is 8.59. The zero-order valence-corrected chi connectivity index (χ0v) is 16.0. The summed E-state index contributed by atoms with van der Waals surface area (Å²) in [6.45, 7) is 9.13. The number of Topliss-reactive ketones (excluding diaryl/α,β-unsaturated/α-hetero) is 2. The van der Waals surface area contributed by atoms with E-state index in [4.69, 9.17) is 0 Å². The molecule has 0 amide bonds. The van der Waals surface area contributed by atoms with Crippen LogP contribution in [0.1, 0.15) is 40.1 Å². The largest absolute Gasteiger partial charge is 0.294 e. The van der Waals surface area contributed by atoms with E-state index < -0.39 is 21.4 Å². The van der Waals surface area contributed by atoms with Crippen LogP contribution in [-0.2, 0) is 9.84 Å². The standard InChI is InChI=1S/C21H22O4S/c1-14(2)20(22)17-7-9-18(10-8-17)21(23)16(4)13-26(24,25)19-11-5-15(3)6-12-19/h5-12,14H,4,13H2,1-3H3. The first-order chi connectivity index (χ1) is 12.1. The Morgan fingerprint density at radius 3 is 1.92 bits per heavy atom. The Balaban J connectivity index is 2.15. The van der Waals surface area contributed by atoms with Crippen molar-refractivity contribution in [2.75, 3.05) is 5.75 Å². The maximum atomic E-state index is 12.5. The smallest absolute Gasteiger partial charge is 0.189 e. The van der Waals surface area contributed by atoms with Gasteiger partial charge in [0.25, 0.3) is 0 Å². The van der Waals surface area contributed by atoms with Gasteiger partial charge in [-0.2, -0.15) is 0 Å². The van der Waals surface area contributed by atoms with Crippen LogP contribution < -0.4 is 0 Å². The summed E-state index contributed by atoms with van der Waals surface area (Å²) < 4.78 is 24.9. The topological polar surface area (TPSA) is 68.3 Å². The van der Waals surface area contributed by atoms with Gasteiger partial charge in [0.15, 0.2) is 21.4 Å². The second-order valence-electron chi connectivity index (χ2n) is 6.60. The summed E-state index contributed by atoms with van der Waals surface area (Å²) in [7, 11) is -3.64. The van der Waals surface area contributed by atoms with E-state index >= 15 is 0 Å². The second kappa shape index (κ2) is 7.79. The minimum absolute atomic E-state index is 0.00601. The molecule has 0 N–H and O–H groups in total. The van der Waals surface area contributed by atoms with Crippen LogP contribution in [0.15, 0.2) is 65.6 Å². The molecule has 2 rings (SSSR count). The number of aryl methyl sites for hydroxylation is 1. The predicted molar refractivity (Wildman–Crippen MR) is 102 cm³/mol. The van der Waals surface area contributed by atoms with Crippen LogP contribution >= 0.6 is 0 Å². The van der Waals surface area contributed by atoms with Gasteiger partial charge in [-0.1, -0.05) is 62.4 Å². The lowest BCUT2D eigenvalue weighted by Crippen LogP contribution is -2.15. The quantitative estimate of drug-likeness (QED) is 0.545. The van der Waals surface area contributed by atoms with Crippen LogP contribution in [0.2, 0.25) is 0 Å². The van der Waals surface area contributed by atoms with Crippen LogP contribution in [0, 0.1) is 12.8 Å². The lowest BCUT2D eigenvalue weighted by Gasteiger charge is -2.09. The molecule has 4 nitrogen and oxygen atoms in total. The number of sulfone groups is 1. The first-order valence-electron chi connectivity index (χ1n) is 8.28. The van der Waals surface area contributed by atoms with Crippen molar-refractivity contribution in [3.8, 4) is 0 Å². The molecule has 0 fully saturated rings. The van der Waals surface area contributed by atoms with Crippen molar-refractivity contribution in [2.45, 2.75) is 25.7 Å². The van der Waals surface area contributed by atoms with Gasteiger partial charge < -0.3 is 0 Å². The number of benzene rings is 2. The fourth-order valence-electron chi connectivity index (χ4n) is 2.45. The van der Waals surface area contributed by atoms with E-state index in [0.29, 0.717) is 11.1 Å². The van der Waals surface area contributed by atoms with E-state index in [0.717, 1.165) is 5.56 Å². The summed E-state index contributed by atoms with van der Waals surface area (Å²) in [5.74, 6) is -1.03. The molecule has 0 aliphatic carbocycles. The Kier molecular flexibility index (Phi) is 5.93. The van der Waals surface area contributed by atoms with E-state index in [1.165, 1.54) is 24.3 Å². The molecule has 0 aliphatic heterocycles. The average Bonchev–Trinajstić information content (AvgIpc) is 2.60. The zero-order chi connectivity index (χ0) is 19.5. The number of carbonyl (C=O) groups is 2. The highest BCUT2D eigenvalue weighted by atomic mass is 32.2. The Hall–Kier alpha value is -2.53. The van der Waals surface area contributed by atoms with Crippen LogP contribution in [0.3, 0.4) is 0 Å². The molecule has 2 aromatic rings. The lowest BCUT2D eigenvalue weighted by molar-refractivity contribution is 0.0938. The first-order valence-corrected chi connectivity index (χ1v) is 9.93. The molecule has 0 aliphatic rings. The van der Waals surface area contributed by atoms with Crippen molar-refractivity contribution in [1.29, 1.82) is 0 Å². The number of carbonyl (C=O) groups excluding carboxylic acids is 2. The average molecular weight is 370 g/mol. The third-order valence-corrected chi connectivity index (χ3v) is 5.74. The third-order valence-electron chi connectivity index (χ3n) is 4.02. The zero-order valence-electron chi connectivity index (χ0n) is 15.2. The summed E-state index contributed by atoms with van der Waals surface area (Å²) in [5, 5.41) is 0. The van der Waals surface area contributed by atoms with Gasteiger partial charge in [-0.05, 0) is 19.1 Å². The van der Waals surface area contributed by atoms with E-state index in [1.807, 2.05) is 6.92 Å². The fourth-order valence-corrected chi connectivity index (χ4v) is 3.75. The van der Waals surface area contributed by atoms with Crippen LogP contribution in [-0.4, -0.2) is 25.7 Å². The molecule has 0 heterocycles. The van der Waals surface area contributed by atoms with Crippen molar-refractivity contribution < 1.29 is 18.0 Å². The summed E-state index contributed by atoms with van der Waals surface area (Å²) in [4.78, 5) is 24.6. The molecule has 0 saturated carbocycles. The number of rotatable bonds is 7. The minimum Gasteiger partial charge on any atom is -0.294 e. The van der Waals surface area contributed by atoms with Gasteiger partial charge in [-0.15, -0.1) is 0 Å². The Labute approximate surface area is 154 Å². The van der Waals surface area contributed by atoms with Crippen molar-refractivity contribution in [3.63, 3.8) is 0 Å². The number of hydrogen-bond acceptors (Lipinski definition) is 4. The predicted octanol–water partition coefficient (Wildman–Crippen LogP) is 4.05.